The lowest BCUT2D eigenvalue weighted by molar-refractivity contribution is -0.126. The summed E-state index contributed by atoms with van der Waals surface area (Å²) in [6.07, 6.45) is 0.134. The van der Waals surface area contributed by atoms with Crippen molar-refractivity contribution in [2.24, 2.45) is 5.92 Å². The quantitative estimate of drug-likeness (QED) is 0.891. The number of hydrogen-bond donors (Lipinski definition) is 1. The molecular formula is C19H23FN4O2. The summed E-state index contributed by atoms with van der Waals surface area (Å²) >= 11 is 0. The van der Waals surface area contributed by atoms with E-state index in [0.717, 1.165) is 11.4 Å². The molecule has 0 radical (unpaired) electrons. The summed E-state index contributed by atoms with van der Waals surface area (Å²) in [7, 11) is 0. The van der Waals surface area contributed by atoms with Gasteiger partial charge in [-0.25, -0.2) is 4.39 Å². The minimum Gasteiger partial charge on any atom is -0.351 e. The Morgan fingerprint density at radius 1 is 1.38 bits per heavy atom. The lowest BCUT2D eigenvalue weighted by Crippen LogP contribution is -2.40. The fourth-order valence-electron chi connectivity index (χ4n) is 3.30. The Kier molecular flexibility index (Phi) is 5.06. The molecule has 1 aliphatic heterocycles. The highest BCUT2D eigenvalue weighted by molar-refractivity contribution is 6.00. The van der Waals surface area contributed by atoms with Crippen molar-refractivity contribution in [2.45, 2.75) is 39.8 Å². The second-order valence-electron chi connectivity index (χ2n) is 6.90. The number of aryl methyl sites for hydroxylation is 2. The van der Waals surface area contributed by atoms with Crippen molar-refractivity contribution < 1.29 is 14.0 Å². The van der Waals surface area contributed by atoms with Gasteiger partial charge in [0.1, 0.15) is 5.82 Å². The van der Waals surface area contributed by atoms with Crippen molar-refractivity contribution in [3.8, 4) is 0 Å². The van der Waals surface area contributed by atoms with E-state index in [0.29, 0.717) is 12.2 Å². The van der Waals surface area contributed by atoms with E-state index in [2.05, 4.69) is 10.4 Å². The fraction of sp³-hybridized carbons (Fsp3) is 0.421. The summed E-state index contributed by atoms with van der Waals surface area (Å²) in [5.41, 5.74) is 2.46. The van der Waals surface area contributed by atoms with Crippen LogP contribution in [0.1, 0.15) is 24.7 Å². The molecule has 3 rings (SSSR count). The maximum Gasteiger partial charge on any atom is 0.227 e. The third-order valence-electron chi connectivity index (χ3n) is 4.55. The molecule has 1 saturated heterocycles. The van der Waals surface area contributed by atoms with E-state index < -0.39 is 11.7 Å². The topological polar surface area (TPSA) is 67.2 Å². The Labute approximate surface area is 152 Å². The second kappa shape index (κ2) is 7.27. The van der Waals surface area contributed by atoms with E-state index >= 15 is 0 Å². The summed E-state index contributed by atoms with van der Waals surface area (Å²) in [5, 5.41) is 7.35. The first kappa shape index (κ1) is 18.1. The molecule has 6 nitrogen and oxygen atoms in total. The van der Waals surface area contributed by atoms with Gasteiger partial charge in [-0.2, -0.15) is 5.10 Å². The molecule has 138 valence electrons. The van der Waals surface area contributed by atoms with Gasteiger partial charge in [-0.05, 0) is 45.0 Å². The maximum absolute atomic E-state index is 13.4. The van der Waals surface area contributed by atoms with Gasteiger partial charge in [0, 0.05) is 30.4 Å². The van der Waals surface area contributed by atoms with Gasteiger partial charge in [0.05, 0.1) is 18.2 Å². The number of hydrogen-bond acceptors (Lipinski definition) is 3. The molecule has 0 bridgehead atoms. The van der Waals surface area contributed by atoms with Crippen molar-refractivity contribution in [1.82, 2.24) is 15.1 Å². The molecule has 1 aromatic carbocycles. The van der Waals surface area contributed by atoms with E-state index in [1.807, 2.05) is 31.5 Å². The average Bonchev–Trinajstić information content (AvgIpc) is 3.09. The van der Waals surface area contributed by atoms with E-state index in [4.69, 9.17) is 0 Å². The van der Waals surface area contributed by atoms with Crippen molar-refractivity contribution in [1.29, 1.82) is 0 Å². The van der Waals surface area contributed by atoms with Crippen LogP contribution in [-0.4, -0.2) is 34.2 Å². The summed E-state index contributed by atoms with van der Waals surface area (Å²) in [5.74, 6) is -1.16. The van der Waals surface area contributed by atoms with Crippen molar-refractivity contribution in [3.05, 3.63) is 47.5 Å². The molecule has 1 aliphatic rings. The van der Waals surface area contributed by atoms with Gasteiger partial charge in [-0.1, -0.05) is 6.07 Å². The minimum atomic E-state index is -0.436. The average molecular weight is 358 g/mol. The van der Waals surface area contributed by atoms with Gasteiger partial charge >= 0.3 is 0 Å². The lowest BCUT2D eigenvalue weighted by atomic mass is 10.1. The van der Waals surface area contributed by atoms with Gasteiger partial charge in [0.2, 0.25) is 11.8 Å². The standard InChI is InChI=1S/C19H23FN4O2/c1-12-7-14(3)24(22-12)10-13(2)21-19(26)15-8-18(25)23(11-15)17-6-4-5-16(20)9-17/h4-7,9,13,15H,8,10-11H2,1-3H3,(H,21,26). The van der Waals surface area contributed by atoms with Crippen LogP contribution in [0.25, 0.3) is 0 Å². The zero-order valence-electron chi connectivity index (χ0n) is 15.2. The van der Waals surface area contributed by atoms with Gasteiger partial charge in [0.25, 0.3) is 0 Å². The van der Waals surface area contributed by atoms with Gasteiger partial charge in [0.15, 0.2) is 0 Å². The van der Waals surface area contributed by atoms with Crippen molar-refractivity contribution in [2.75, 3.05) is 11.4 Å². The van der Waals surface area contributed by atoms with Crippen LogP contribution in [0.4, 0.5) is 10.1 Å². The smallest absolute Gasteiger partial charge is 0.227 e. The highest BCUT2D eigenvalue weighted by Gasteiger charge is 2.35. The largest absolute Gasteiger partial charge is 0.351 e. The molecule has 0 saturated carbocycles. The SMILES string of the molecule is Cc1cc(C)n(CC(C)NC(=O)C2CC(=O)N(c3cccc(F)c3)C2)n1. The van der Waals surface area contributed by atoms with Crippen molar-refractivity contribution >= 4 is 17.5 Å². The van der Waals surface area contributed by atoms with Crippen molar-refractivity contribution in [3.63, 3.8) is 0 Å². The third kappa shape index (κ3) is 3.92. The number of nitrogens with zero attached hydrogens (tertiary/aromatic N) is 3. The Morgan fingerprint density at radius 3 is 2.81 bits per heavy atom. The summed E-state index contributed by atoms with van der Waals surface area (Å²) in [6, 6.07) is 7.74. The highest BCUT2D eigenvalue weighted by atomic mass is 19.1. The number of anilines is 1. The molecule has 2 heterocycles. The number of carbonyl (C=O) groups is 2. The molecule has 26 heavy (non-hydrogen) atoms. The normalized spacial score (nSPS) is 18.2. The van der Waals surface area contributed by atoms with Gasteiger partial charge in [-0.3, -0.25) is 14.3 Å². The number of benzene rings is 1. The maximum atomic E-state index is 13.4. The lowest BCUT2D eigenvalue weighted by Gasteiger charge is -2.19. The number of amides is 2. The summed E-state index contributed by atoms with van der Waals surface area (Å²) in [6.45, 7) is 6.65. The number of nitrogens with one attached hydrogen (secondary N) is 1. The molecule has 1 aromatic heterocycles. The predicted octanol–water partition coefficient (Wildman–Crippen LogP) is 2.20. The fourth-order valence-corrected chi connectivity index (χ4v) is 3.30. The van der Waals surface area contributed by atoms with Crippen LogP contribution >= 0.6 is 0 Å². The minimum absolute atomic E-state index is 0.112. The molecular weight excluding hydrogens is 335 g/mol. The Bertz CT molecular complexity index is 833. The van der Waals surface area contributed by atoms with Crippen LogP contribution in [0, 0.1) is 25.6 Å². The Morgan fingerprint density at radius 2 is 2.15 bits per heavy atom. The highest BCUT2D eigenvalue weighted by Crippen LogP contribution is 2.25. The van der Waals surface area contributed by atoms with Crippen LogP contribution in [-0.2, 0) is 16.1 Å². The Hall–Kier alpha value is -2.70. The molecule has 2 atom stereocenters. The van der Waals surface area contributed by atoms with Gasteiger partial charge in [-0.15, -0.1) is 0 Å². The van der Waals surface area contributed by atoms with Crippen LogP contribution < -0.4 is 10.2 Å². The monoisotopic (exact) mass is 358 g/mol. The second-order valence-corrected chi connectivity index (χ2v) is 6.90. The zero-order chi connectivity index (χ0) is 18.8. The molecule has 0 aliphatic carbocycles. The van der Waals surface area contributed by atoms with E-state index in [1.165, 1.54) is 17.0 Å². The predicted molar refractivity (Wildman–Crippen MR) is 96.2 cm³/mol. The molecule has 1 N–H and O–H groups in total. The number of carbonyl (C=O) groups excluding carboxylic acids is 2. The van der Waals surface area contributed by atoms with Crippen LogP contribution in [0.15, 0.2) is 30.3 Å². The van der Waals surface area contributed by atoms with E-state index in [9.17, 15) is 14.0 Å². The molecule has 7 heteroatoms. The summed E-state index contributed by atoms with van der Waals surface area (Å²) < 4.78 is 15.3. The first-order valence-corrected chi connectivity index (χ1v) is 8.71. The first-order chi connectivity index (χ1) is 12.3. The van der Waals surface area contributed by atoms with Crippen LogP contribution in [0.2, 0.25) is 0 Å². The Balaban J connectivity index is 1.60. The number of aromatic nitrogens is 2. The molecule has 2 aromatic rings. The number of halogens is 1. The first-order valence-electron chi connectivity index (χ1n) is 8.71. The molecule has 1 fully saturated rings. The van der Waals surface area contributed by atoms with E-state index in [1.54, 1.807) is 12.1 Å². The van der Waals surface area contributed by atoms with Crippen LogP contribution in [0.3, 0.4) is 0 Å². The van der Waals surface area contributed by atoms with E-state index in [-0.39, 0.29) is 30.8 Å². The molecule has 2 unspecified atom stereocenters. The molecule has 2 amide bonds. The summed E-state index contributed by atoms with van der Waals surface area (Å²) in [4.78, 5) is 26.2. The number of rotatable bonds is 5. The molecule has 0 spiro atoms. The van der Waals surface area contributed by atoms with Crippen LogP contribution in [0.5, 0.6) is 0 Å². The third-order valence-corrected chi connectivity index (χ3v) is 4.55. The zero-order valence-corrected chi connectivity index (χ0v) is 15.2. The van der Waals surface area contributed by atoms with Gasteiger partial charge < -0.3 is 10.2 Å².